The lowest BCUT2D eigenvalue weighted by atomic mass is 10.1. The third-order valence-electron chi connectivity index (χ3n) is 6.30. The Labute approximate surface area is 240 Å². The van der Waals surface area contributed by atoms with E-state index in [1.165, 1.54) is 6.42 Å². The van der Waals surface area contributed by atoms with Gasteiger partial charge in [-0.15, -0.1) is 10.2 Å². The van der Waals surface area contributed by atoms with E-state index in [1.807, 2.05) is 19.9 Å². The van der Waals surface area contributed by atoms with Crippen molar-refractivity contribution >= 4 is 35.2 Å². The van der Waals surface area contributed by atoms with E-state index in [0.717, 1.165) is 25.9 Å². The van der Waals surface area contributed by atoms with Gasteiger partial charge >= 0.3 is 0 Å². The molecular formula is C29H38N8O4. The Balaban J connectivity index is 0.000000355. The normalized spacial score (nSPS) is 14.5. The molecule has 2 aliphatic rings. The second-order valence-electron chi connectivity index (χ2n) is 9.06. The highest BCUT2D eigenvalue weighted by atomic mass is 16.5. The first kappa shape index (κ1) is 31.0. The first-order valence-electron chi connectivity index (χ1n) is 13.8. The molecule has 0 unspecified atom stereocenters. The van der Waals surface area contributed by atoms with Crippen LogP contribution < -0.4 is 21.7 Å². The second kappa shape index (κ2) is 15.9. The minimum Gasteiger partial charge on any atom is -0.378 e. The number of primary amides is 2. The summed E-state index contributed by atoms with van der Waals surface area (Å²) in [6.07, 6.45) is 3.33. The predicted octanol–water partition coefficient (Wildman–Crippen LogP) is 2.99. The fourth-order valence-electron chi connectivity index (χ4n) is 4.18. The van der Waals surface area contributed by atoms with E-state index < -0.39 is 5.91 Å². The number of carbonyl (C=O) groups excluding carboxylic acids is 3. The molecular weight excluding hydrogens is 524 g/mol. The lowest BCUT2D eigenvalue weighted by Crippen LogP contribution is -2.40. The number of aromatic nitrogens is 3. The van der Waals surface area contributed by atoms with Crippen LogP contribution in [0.1, 0.15) is 64.3 Å². The SMILES string of the molecule is CC.NC(=O)c1ccccc1.NC(=O)c1nnc(N2CCCCC2)nc1Nc1ccc(C(=O)N2CCOCC2)cc1. The monoisotopic (exact) mass is 562 g/mol. The summed E-state index contributed by atoms with van der Waals surface area (Å²) in [5.74, 6) is -0.386. The molecule has 0 spiro atoms. The van der Waals surface area contributed by atoms with Gasteiger partial charge in [0.05, 0.1) is 13.2 Å². The molecule has 1 aromatic heterocycles. The van der Waals surface area contributed by atoms with Gasteiger partial charge < -0.3 is 31.3 Å². The molecule has 0 atom stereocenters. The van der Waals surface area contributed by atoms with E-state index in [1.54, 1.807) is 53.4 Å². The number of anilines is 3. The Kier molecular flexibility index (Phi) is 12.0. The number of nitrogens with one attached hydrogen (secondary N) is 1. The van der Waals surface area contributed by atoms with Gasteiger partial charge in [0, 0.05) is 43.0 Å². The molecule has 2 aliphatic heterocycles. The molecule has 12 nitrogen and oxygen atoms in total. The molecule has 5 rings (SSSR count). The Morgan fingerprint density at radius 2 is 1.41 bits per heavy atom. The number of morpholine rings is 1. The third-order valence-corrected chi connectivity index (χ3v) is 6.30. The highest BCUT2D eigenvalue weighted by molar-refractivity contribution is 5.97. The molecule has 0 aliphatic carbocycles. The van der Waals surface area contributed by atoms with E-state index in [-0.39, 0.29) is 23.3 Å². The van der Waals surface area contributed by atoms with Crippen LogP contribution in [-0.2, 0) is 4.74 Å². The number of carbonyl (C=O) groups is 3. The van der Waals surface area contributed by atoms with Crippen LogP contribution in [-0.4, -0.2) is 77.2 Å². The molecule has 0 saturated carbocycles. The summed E-state index contributed by atoms with van der Waals surface area (Å²) in [5.41, 5.74) is 12.2. The molecule has 218 valence electrons. The molecule has 0 radical (unpaired) electrons. The van der Waals surface area contributed by atoms with Crippen molar-refractivity contribution in [1.29, 1.82) is 0 Å². The van der Waals surface area contributed by atoms with E-state index in [0.29, 0.717) is 49.1 Å². The number of piperidine rings is 1. The molecule has 3 amide bonds. The fraction of sp³-hybridized carbons (Fsp3) is 0.379. The van der Waals surface area contributed by atoms with Crippen LogP contribution in [0.25, 0.3) is 0 Å². The fourth-order valence-corrected chi connectivity index (χ4v) is 4.18. The second-order valence-corrected chi connectivity index (χ2v) is 9.06. The Hall–Kier alpha value is -4.58. The molecule has 3 heterocycles. The van der Waals surface area contributed by atoms with Gasteiger partial charge in [-0.2, -0.15) is 4.98 Å². The molecule has 0 bridgehead atoms. The van der Waals surface area contributed by atoms with Gasteiger partial charge in [-0.1, -0.05) is 32.0 Å². The van der Waals surface area contributed by atoms with Crippen LogP contribution in [0.3, 0.4) is 0 Å². The van der Waals surface area contributed by atoms with E-state index in [2.05, 4.69) is 25.4 Å². The highest BCUT2D eigenvalue weighted by Crippen LogP contribution is 2.22. The van der Waals surface area contributed by atoms with Gasteiger partial charge in [0.15, 0.2) is 11.5 Å². The number of nitrogens with zero attached hydrogens (tertiary/aromatic N) is 5. The van der Waals surface area contributed by atoms with Crippen molar-refractivity contribution in [3.05, 3.63) is 71.4 Å². The van der Waals surface area contributed by atoms with Crippen LogP contribution in [0, 0.1) is 0 Å². The van der Waals surface area contributed by atoms with Crippen molar-refractivity contribution in [3.63, 3.8) is 0 Å². The van der Waals surface area contributed by atoms with Crippen molar-refractivity contribution in [2.24, 2.45) is 11.5 Å². The van der Waals surface area contributed by atoms with Crippen molar-refractivity contribution in [1.82, 2.24) is 20.1 Å². The molecule has 2 fully saturated rings. The third kappa shape index (κ3) is 8.97. The average Bonchev–Trinajstić information content (AvgIpc) is 3.03. The average molecular weight is 563 g/mol. The maximum absolute atomic E-state index is 12.6. The van der Waals surface area contributed by atoms with Gasteiger partial charge in [0.25, 0.3) is 11.8 Å². The maximum atomic E-state index is 12.6. The van der Waals surface area contributed by atoms with Gasteiger partial charge in [-0.25, -0.2) is 0 Å². The minimum atomic E-state index is -0.707. The van der Waals surface area contributed by atoms with E-state index in [4.69, 9.17) is 16.2 Å². The van der Waals surface area contributed by atoms with E-state index >= 15 is 0 Å². The van der Waals surface area contributed by atoms with Crippen LogP contribution >= 0.6 is 0 Å². The number of hydrogen-bond donors (Lipinski definition) is 3. The summed E-state index contributed by atoms with van der Waals surface area (Å²) in [6, 6.07) is 15.8. The zero-order valence-electron chi connectivity index (χ0n) is 23.6. The first-order chi connectivity index (χ1) is 19.9. The molecule has 2 aromatic carbocycles. The standard InChI is InChI=1S/C20H25N7O3.C7H7NO.C2H6/c21-17(28)16-18(23-20(25-24-16)27-8-2-1-3-9-27)22-15-6-4-14(5-7-15)19(29)26-10-12-30-13-11-26;8-7(9)6-4-2-1-3-5-6;1-2/h4-7H,1-3,8-13H2,(H2,21,28)(H,22,23,25);1-5H,(H2,8,9);1-2H3. The van der Waals surface area contributed by atoms with Crippen molar-refractivity contribution in [3.8, 4) is 0 Å². The lowest BCUT2D eigenvalue weighted by Gasteiger charge is -2.27. The molecule has 12 heteroatoms. The summed E-state index contributed by atoms with van der Waals surface area (Å²) < 4.78 is 5.29. The zero-order valence-corrected chi connectivity index (χ0v) is 23.6. The number of rotatable bonds is 6. The van der Waals surface area contributed by atoms with Crippen molar-refractivity contribution in [2.45, 2.75) is 33.1 Å². The highest BCUT2D eigenvalue weighted by Gasteiger charge is 2.21. The van der Waals surface area contributed by atoms with Gasteiger partial charge in [-0.3, -0.25) is 14.4 Å². The largest absolute Gasteiger partial charge is 0.378 e. The number of benzene rings is 2. The zero-order chi connectivity index (χ0) is 29.6. The number of ether oxygens (including phenoxy) is 1. The first-order valence-corrected chi connectivity index (χ1v) is 13.8. The predicted molar refractivity (Wildman–Crippen MR) is 157 cm³/mol. The molecule has 3 aromatic rings. The lowest BCUT2D eigenvalue weighted by molar-refractivity contribution is 0.0303. The van der Waals surface area contributed by atoms with Crippen LogP contribution in [0.4, 0.5) is 17.5 Å². The number of amides is 3. The van der Waals surface area contributed by atoms with Crippen LogP contribution in [0.15, 0.2) is 54.6 Å². The summed E-state index contributed by atoms with van der Waals surface area (Å²) >= 11 is 0. The Morgan fingerprint density at radius 3 is 1.98 bits per heavy atom. The minimum absolute atomic E-state index is 0.0239. The van der Waals surface area contributed by atoms with Gasteiger partial charge in [-0.05, 0) is 55.7 Å². The number of hydrogen-bond acceptors (Lipinski definition) is 9. The summed E-state index contributed by atoms with van der Waals surface area (Å²) in [6.45, 7) is 8.01. The molecule has 2 saturated heterocycles. The van der Waals surface area contributed by atoms with Crippen molar-refractivity contribution < 1.29 is 19.1 Å². The quantitative estimate of drug-likeness (QED) is 0.409. The number of nitrogens with two attached hydrogens (primary N) is 2. The van der Waals surface area contributed by atoms with Gasteiger partial charge in [0.1, 0.15) is 0 Å². The van der Waals surface area contributed by atoms with E-state index in [9.17, 15) is 14.4 Å². The topological polar surface area (TPSA) is 170 Å². The summed E-state index contributed by atoms with van der Waals surface area (Å²) in [5, 5.41) is 11.2. The Morgan fingerprint density at radius 1 is 0.780 bits per heavy atom. The van der Waals surface area contributed by atoms with Crippen LogP contribution in [0.2, 0.25) is 0 Å². The summed E-state index contributed by atoms with van der Waals surface area (Å²) in [7, 11) is 0. The van der Waals surface area contributed by atoms with Crippen molar-refractivity contribution in [2.75, 3.05) is 49.6 Å². The smallest absolute Gasteiger partial charge is 0.273 e. The molecule has 41 heavy (non-hydrogen) atoms. The molecule has 5 N–H and O–H groups in total. The summed E-state index contributed by atoms with van der Waals surface area (Å²) in [4.78, 5) is 43.1. The Bertz CT molecular complexity index is 1280. The van der Waals surface area contributed by atoms with Crippen LogP contribution in [0.5, 0.6) is 0 Å². The van der Waals surface area contributed by atoms with Gasteiger partial charge in [0.2, 0.25) is 11.9 Å². The maximum Gasteiger partial charge on any atom is 0.273 e.